The third-order valence-corrected chi connectivity index (χ3v) is 6.73. The summed E-state index contributed by atoms with van der Waals surface area (Å²) >= 11 is 0. The summed E-state index contributed by atoms with van der Waals surface area (Å²) in [6.07, 6.45) is 7.33. The predicted molar refractivity (Wildman–Crippen MR) is 146 cm³/mol. The number of aryl methyl sites for hydroxylation is 1. The Morgan fingerprint density at radius 3 is 2.56 bits per heavy atom. The molecule has 0 fully saturated rings. The number of rotatable bonds is 13. The SMILES string of the molecule is CCCCC(=O)CCCCCC(=O)c1ccc(Nc2nccn3c(C4=CCN=C4C(F)(F)F)cnc23)cc1C. The Morgan fingerprint density at radius 2 is 1.82 bits per heavy atom. The van der Waals surface area contributed by atoms with Gasteiger partial charge < -0.3 is 5.32 Å². The van der Waals surface area contributed by atoms with Crippen LogP contribution in [0, 0.1) is 6.92 Å². The number of allylic oxidation sites excluding steroid dienone is 1. The van der Waals surface area contributed by atoms with Crippen LogP contribution in [0.3, 0.4) is 0 Å². The molecule has 0 amide bonds. The Labute approximate surface area is 225 Å². The van der Waals surface area contributed by atoms with Crippen molar-refractivity contribution < 1.29 is 22.8 Å². The molecule has 2 aromatic heterocycles. The smallest absolute Gasteiger partial charge is 0.337 e. The number of unbranched alkanes of at least 4 members (excludes halogenated alkanes) is 3. The molecule has 0 saturated heterocycles. The van der Waals surface area contributed by atoms with Crippen LogP contribution in [0.25, 0.3) is 11.2 Å². The maximum atomic E-state index is 13.4. The maximum absolute atomic E-state index is 13.4. The second-order valence-electron chi connectivity index (χ2n) is 9.70. The van der Waals surface area contributed by atoms with Crippen molar-refractivity contribution in [2.45, 2.75) is 71.4 Å². The molecule has 0 aliphatic carbocycles. The van der Waals surface area contributed by atoms with E-state index in [0.717, 1.165) is 37.7 Å². The highest BCUT2D eigenvalue weighted by Gasteiger charge is 2.40. The van der Waals surface area contributed by atoms with Crippen LogP contribution in [0.1, 0.15) is 79.9 Å². The summed E-state index contributed by atoms with van der Waals surface area (Å²) in [5, 5.41) is 3.17. The number of benzene rings is 1. The van der Waals surface area contributed by atoms with Crippen LogP contribution in [-0.2, 0) is 4.79 Å². The molecule has 0 unspecified atom stereocenters. The number of carbonyl (C=O) groups is 2. The number of anilines is 2. The molecule has 0 atom stereocenters. The number of nitrogens with one attached hydrogen (secondary N) is 1. The van der Waals surface area contributed by atoms with Gasteiger partial charge in [-0.1, -0.05) is 25.8 Å². The quantitative estimate of drug-likeness (QED) is 0.185. The monoisotopic (exact) mass is 539 g/mol. The lowest BCUT2D eigenvalue weighted by atomic mass is 9.99. The Kier molecular flexibility index (Phi) is 8.93. The summed E-state index contributed by atoms with van der Waals surface area (Å²) in [5.74, 6) is 0.732. The molecule has 1 N–H and O–H groups in total. The van der Waals surface area contributed by atoms with Gasteiger partial charge in [0.25, 0.3) is 0 Å². The first-order valence-corrected chi connectivity index (χ1v) is 13.3. The standard InChI is InChI=1S/C29H32F3N5O2/c1-3-4-8-21(38)9-6-5-7-10-25(39)22-12-11-20(17-19(22)2)36-27-28-35-18-24(37(28)16-15-34-27)23-13-14-33-26(23)29(30,31)32/h11-13,15-18H,3-10,14H2,1-2H3,(H,34,36). The minimum absolute atomic E-state index is 0.00560. The minimum atomic E-state index is -4.55. The zero-order chi connectivity index (χ0) is 28.0. The molecule has 0 bridgehead atoms. The van der Waals surface area contributed by atoms with E-state index >= 15 is 0 Å². The van der Waals surface area contributed by atoms with E-state index in [9.17, 15) is 22.8 Å². The second-order valence-corrected chi connectivity index (χ2v) is 9.70. The number of ketones is 2. The molecule has 3 aromatic rings. The number of nitrogens with zero attached hydrogens (tertiary/aromatic N) is 4. The van der Waals surface area contributed by atoms with E-state index in [1.807, 2.05) is 13.0 Å². The molecular formula is C29H32F3N5O2. The van der Waals surface area contributed by atoms with Crippen LogP contribution in [0.4, 0.5) is 24.7 Å². The lowest BCUT2D eigenvalue weighted by molar-refractivity contribution is -0.119. The summed E-state index contributed by atoms with van der Waals surface area (Å²) < 4.78 is 41.8. The normalized spacial score (nSPS) is 13.5. The largest absolute Gasteiger partial charge is 0.433 e. The molecule has 1 aromatic carbocycles. The number of hydrogen-bond acceptors (Lipinski definition) is 6. The molecule has 3 heterocycles. The van der Waals surface area contributed by atoms with E-state index in [-0.39, 0.29) is 23.6 Å². The summed E-state index contributed by atoms with van der Waals surface area (Å²) in [4.78, 5) is 36.8. The zero-order valence-electron chi connectivity index (χ0n) is 22.1. The van der Waals surface area contributed by atoms with Gasteiger partial charge in [0.15, 0.2) is 17.2 Å². The number of imidazole rings is 1. The van der Waals surface area contributed by atoms with Crippen LogP contribution in [0.15, 0.2) is 47.9 Å². The van der Waals surface area contributed by atoms with E-state index in [0.29, 0.717) is 47.8 Å². The number of aromatic nitrogens is 3. The predicted octanol–water partition coefficient (Wildman–Crippen LogP) is 7.07. The Bertz CT molecular complexity index is 1420. The van der Waals surface area contributed by atoms with Crippen molar-refractivity contribution in [2.24, 2.45) is 4.99 Å². The minimum Gasteiger partial charge on any atom is -0.337 e. The van der Waals surface area contributed by atoms with Crippen molar-refractivity contribution in [3.8, 4) is 0 Å². The van der Waals surface area contributed by atoms with Crippen LogP contribution in [-0.4, -0.2) is 44.4 Å². The van der Waals surface area contributed by atoms with Gasteiger partial charge >= 0.3 is 6.18 Å². The van der Waals surface area contributed by atoms with E-state index in [1.165, 1.54) is 18.5 Å². The molecule has 0 radical (unpaired) electrons. The molecule has 0 spiro atoms. The molecule has 39 heavy (non-hydrogen) atoms. The Balaban J connectivity index is 1.39. The van der Waals surface area contributed by atoms with Gasteiger partial charge in [0.2, 0.25) is 0 Å². The topological polar surface area (TPSA) is 88.7 Å². The van der Waals surface area contributed by atoms with Crippen molar-refractivity contribution in [1.82, 2.24) is 14.4 Å². The summed E-state index contributed by atoms with van der Waals surface area (Å²) in [5.41, 5.74) is 1.86. The van der Waals surface area contributed by atoms with Crippen molar-refractivity contribution >= 4 is 40.0 Å². The molecule has 4 rings (SSSR count). The van der Waals surface area contributed by atoms with Gasteiger partial charge in [-0.3, -0.25) is 19.0 Å². The van der Waals surface area contributed by atoms with E-state index in [2.05, 4.69) is 27.2 Å². The van der Waals surface area contributed by atoms with Crippen LogP contribution < -0.4 is 5.32 Å². The van der Waals surface area contributed by atoms with Gasteiger partial charge in [0, 0.05) is 48.5 Å². The van der Waals surface area contributed by atoms with Crippen LogP contribution >= 0.6 is 0 Å². The Hall–Kier alpha value is -3.82. The van der Waals surface area contributed by atoms with Gasteiger partial charge in [-0.05, 0) is 49.9 Å². The van der Waals surface area contributed by atoms with E-state index in [4.69, 9.17) is 0 Å². The summed E-state index contributed by atoms with van der Waals surface area (Å²) in [6.45, 7) is 3.90. The number of Topliss-reactive ketones (excluding diaryl/α,β-unsaturated/α-hetero) is 2. The van der Waals surface area contributed by atoms with E-state index < -0.39 is 11.9 Å². The van der Waals surface area contributed by atoms with Gasteiger partial charge in [-0.15, -0.1) is 0 Å². The first kappa shape index (κ1) is 28.2. The first-order chi connectivity index (χ1) is 18.7. The number of halogens is 3. The molecule has 1 aliphatic rings. The van der Waals surface area contributed by atoms with Crippen molar-refractivity contribution in [3.63, 3.8) is 0 Å². The number of carbonyl (C=O) groups excluding carboxylic acids is 2. The fourth-order valence-corrected chi connectivity index (χ4v) is 4.69. The lowest BCUT2D eigenvalue weighted by Gasteiger charge is -2.12. The highest BCUT2D eigenvalue weighted by Crippen LogP contribution is 2.32. The van der Waals surface area contributed by atoms with Gasteiger partial charge in [-0.25, -0.2) is 9.97 Å². The number of fused-ring (bicyclic) bond motifs is 1. The molecule has 10 heteroatoms. The lowest BCUT2D eigenvalue weighted by Crippen LogP contribution is -2.23. The molecule has 1 aliphatic heterocycles. The number of alkyl halides is 3. The fraction of sp³-hybridized carbons (Fsp3) is 0.414. The van der Waals surface area contributed by atoms with Crippen molar-refractivity contribution in [1.29, 1.82) is 0 Å². The van der Waals surface area contributed by atoms with Crippen LogP contribution in [0.5, 0.6) is 0 Å². The summed E-state index contributed by atoms with van der Waals surface area (Å²) in [7, 11) is 0. The molecular weight excluding hydrogens is 507 g/mol. The number of hydrogen-bond donors (Lipinski definition) is 1. The summed E-state index contributed by atoms with van der Waals surface area (Å²) in [6, 6.07) is 5.37. The second kappa shape index (κ2) is 12.4. The van der Waals surface area contributed by atoms with Crippen molar-refractivity contribution in [2.75, 3.05) is 11.9 Å². The van der Waals surface area contributed by atoms with Gasteiger partial charge in [0.1, 0.15) is 11.5 Å². The van der Waals surface area contributed by atoms with Gasteiger partial charge in [0.05, 0.1) is 18.4 Å². The third kappa shape index (κ3) is 6.79. The average molecular weight is 540 g/mol. The zero-order valence-corrected chi connectivity index (χ0v) is 22.1. The average Bonchev–Trinajstić information content (AvgIpc) is 3.55. The van der Waals surface area contributed by atoms with Crippen molar-refractivity contribution in [3.05, 3.63) is 59.7 Å². The molecule has 206 valence electrons. The highest BCUT2D eigenvalue weighted by atomic mass is 19.4. The van der Waals surface area contributed by atoms with E-state index in [1.54, 1.807) is 22.7 Å². The third-order valence-electron chi connectivity index (χ3n) is 6.73. The van der Waals surface area contributed by atoms with Crippen LogP contribution in [0.2, 0.25) is 0 Å². The Morgan fingerprint density at radius 1 is 1.05 bits per heavy atom. The molecule has 7 nitrogen and oxygen atoms in total. The highest BCUT2D eigenvalue weighted by molar-refractivity contribution is 6.27. The number of aliphatic imine (C=N–C) groups is 1. The van der Waals surface area contributed by atoms with Gasteiger partial charge in [-0.2, -0.15) is 13.2 Å². The maximum Gasteiger partial charge on any atom is 0.433 e. The fourth-order valence-electron chi connectivity index (χ4n) is 4.69. The molecule has 0 saturated carbocycles. The first-order valence-electron chi connectivity index (χ1n) is 13.3.